The van der Waals surface area contributed by atoms with Crippen LogP contribution in [-0.4, -0.2) is 17.3 Å². The van der Waals surface area contributed by atoms with Crippen LogP contribution in [0.3, 0.4) is 0 Å². The number of fused-ring (bicyclic) bond motifs is 1. The maximum absolute atomic E-state index is 14.1. The molecule has 2 unspecified atom stereocenters. The molecule has 1 fully saturated rings. The number of benzene rings is 3. The minimum absolute atomic E-state index is 0.117. The summed E-state index contributed by atoms with van der Waals surface area (Å²) in [4.78, 5) is 17.5. The third-order valence-electron chi connectivity index (χ3n) is 6.03. The molecule has 5 heteroatoms. The Morgan fingerprint density at radius 3 is 2.43 bits per heavy atom. The van der Waals surface area contributed by atoms with Crippen molar-refractivity contribution in [1.29, 1.82) is 0 Å². The van der Waals surface area contributed by atoms with Gasteiger partial charge in [0.05, 0.1) is 5.02 Å². The first kappa shape index (κ1) is 19.4. The molecule has 1 radical (unpaired) electrons. The zero-order chi connectivity index (χ0) is 20.7. The number of nitrogens with zero attached hydrogens (tertiary/aromatic N) is 1. The lowest BCUT2D eigenvalue weighted by atomic mass is 9.71. The Morgan fingerprint density at radius 1 is 0.933 bits per heavy atom. The van der Waals surface area contributed by atoms with Crippen molar-refractivity contribution in [3.8, 4) is 0 Å². The molecule has 30 heavy (non-hydrogen) atoms. The van der Waals surface area contributed by atoms with Crippen molar-refractivity contribution in [3.05, 3.63) is 106 Å². The number of aromatic nitrogens is 1. The van der Waals surface area contributed by atoms with Gasteiger partial charge in [0.25, 0.3) is 0 Å². The van der Waals surface area contributed by atoms with Crippen LogP contribution in [-0.2, 0) is 5.54 Å². The first-order valence-electron chi connectivity index (χ1n) is 9.92. The largest absolute Gasteiger partial charge is 0.361 e. The van der Waals surface area contributed by atoms with Crippen molar-refractivity contribution in [1.82, 2.24) is 10.3 Å². The molecular formula is C25H19Cl2N2O. The Kier molecular flexibility index (Phi) is 4.90. The summed E-state index contributed by atoms with van der Waals surface area (Å²) in [5, 5.41) is 7.01. The molecule has 2 heterocycles. The summed E-state index contributed by atoms with van der Waals surface area (Å²) in [6.45, 7) is 0.575. The second-order valence-electron chi connectivity index (χ2n) is 7.57. The van der Waals surface area contributed by atoms with Crippen LogP contribution in [0, 0.1) is 0 Å². The van der Waals surface area contributed by atoms with E-state index in [0.717, 1.165) is 28.5 Å². The first-order chi connectivity index (χ1) is 14.6. The first-order valence-corrected chi connectivity index (χ1v) is 10.7. The third kappa shape index (κ3) is 2.89. The zero-order valence-corrected chi connectivity index (χ0v) is 17.6. The number of carbonyl (C=O) groups excluding carboxylic acids is 1. The molecule has 0 amide bonds. The van der Waals surface area contributed by atoms with Crippen molar-refractivity contribution < 1.29 is 4.79 Å². The van der Waals surface area contributed by atoms with Gasteiger partial charge < -0.3 is 4.98 Å². The quantitative estimate of drug-likeness (QED) is 0.374. The van der Waals surface area contributed by atoms with Crippen LogP contribution in [0.15, 0.2) is 79.0 Å². The molecule has 4 aromatic rings. The standard InChI is InChI=1S/C25H19Cl2N2O/c26-21-10-4-1-8-17(21)24(30)25(20-9-3-5-11-22(20)27)19(13-14-29-25)18-15-28-23-12-6-2-7-16(18)23/h1-12,15,19,28H,13-14H2. The number of para-hydroxylation sites is 1. The summed E-state index contributed by atoms with van der Waals surface area (Å²) in [5.74, 6) is -0.272. The smallest absolute Gasteiger partial charge is 0.191 e. The van der Waals surface area contributed by atoms with E-state index in [0.29, 0.717) is 22.2 Å². The van der Waals surface area contributed by atoms with Gasteiger partial charge in [-0.2, -0.15) is 0 Å². The van der Waals surface area contributed by atoms with E-state index in [2.05, 4.69) is 11.1 Å². The Hall–Kier alpha value is -2.59. The highest BCUT2D eigenvalue weighted by atomic mass is 35.5. The lowest BCUT2D eigenvalue weighted by Gasteiger charge is -2.34. The molecule has 1 saturated heterocycles. The lowest BCUT2D eigenvalue weighted by Crippen LogP contribution is -2.45. The van der Waals surface area contributed by atoms with E-state index in [1.165, 1.54) is 0 Å². The fourth-order valence-electron chi connectivity index (χ4n) is 4.70. The normalized spacial score (nSPS) is 21.2. The number of Topliss-reactive ketones (excluding diaryl/α,β-unsaturated/α-hetero) is 1. The van der Waals surface area contributed by atoms with Gasteiger partial charge in [-0.3, -0.25) is 4.79 Å². The number of H-pyrrole nitrogens is 1. The summed E-state index contributed by atoms with van der Waals surface area (Å²) in [7, 11) is 0. The minimum Gasteiger partial charge on any atom is -0.361 e. The molecule has 3 nitrogen and oxygen atoms in total. The fourth-order valence-corrected chi connectivity index (χ4v) is 5.20. The lowest BCUT2D eigenvalue weighted by molar-refractivity contribution is 0.0846. The SMILES string of the molecule is O=C(c1ccccc1Cl)C1(c2ccccc2Cl)[N]CCC1c1c[nH]c2ccccc12. The van der Waals surface area contributed by atoms with E-state index in [-0.39, 0.29) is 11.7 Å². The number of rotatable bonds is 4. The average molecular weight is 434 g/mol. The predicted octanol–water partition coefficient (Wildman–Crippen LogP) is 6.34. The molecule has 1 aliphatic heterocycles. The molecule has 149 valence electrons. The topological polar surface area (TPSA) is 47.0 Å². The summed E-state index contributed by atoms with van der Waals surface area (Å²) < 4.78 is 0. The van der Waals surface area contributed by atoms with Gasteiger partial charge in [-0.05, 0) is 36.2 Å². The maximum atomic E-state index is 14.1. The van der Waals surface area contributed by atoms with E-state index < -0.39 is 5.54 Å². The average Bonchev–Trinajstić information content (AvgIpc) is 3.38. The van der Waals surface area contributed by atoms with Crippen LogP contribution >= 0.6 is 23.2 Å². The van der Waals surface area contributed by atoms with Gasteiger partial charge in [0, 0.05) is 45.7 Å². The van der Waals surface area contributed by atoms with E-state index >= 15 is 0 Å². The van der Waals surface area contributed by atoms with Gasteiger partial charge in [0.15, 0.2) is 5.78 Å². The number of hydrogen-bond donors (Lipinski definition) is 1. The summed E-state index contributed by atoms with van der Waals surface area (Å²) >= 11 is 13.1. The van der Waals surface area contributed by atoms with Crippen LogP contribution < -0.4 is 5.32 Å². The van der Waals surface area contributed by atoms with Gasteiger partial charge >= 0.3 is 0 Å². The highest BCUT2D eigenvalue weighted by Crippen LogP contribution is 2.50. The number of carbonyl (C=O) groups is 1. The van der Waals surface area contributed by atoms with Crippen LogP contribution in [0.1, 0.15) is 33.8 Å². The van der Waals surface area contributed by atoms with E-state index in [1.54, 1.807) is 12.1 Å². The third-order valence-corrected chi connectivity index (χ3v) is 6.69. The number of nitrogens with one attached hydrogen (secondary N) is 1. The highest BCUT2D eigenvalue weighted by Gasteiger charge is 2.53. The Morgan fingerprint density at radius 2 is 1.63 bits per heavy atom. The number of halogens is 2. The van der Waals surface area contributed by atoms with E-state index in [1.807, 2.05) is 60.8 Å². The molecule has 5 rings (SSSR count). The van der Waals surface area contributed by atoms with Crippen molar-refractivity contribution in [2.45, 2.75) is 17.9 Å². The van der Waals surface area contributed by atoms with E-state index in [4.69, 9.17) is 28.5 Å². The zero-order valence-electron chi connectivity index (χ0n) is 16.1. The van der Waals surface area contributed by atoms with Gasteiger partial charge in [0.1, 0.15) is 5.54 Å². The Bertz CT molecular complexity index is 1250. The summed E-state index contributed by atoms with van der Waals surface area (Å²) in [5.41, 5.74) is 2.18. The van der Waals surface area contributed by atoms with Crippen molar-refractivity contribution in [3.63, 3.8) is 0 Å². The van der Waals surface area contributed by atoms with Gasteiger partial charge in [-0.1, -0.05) is 71.7 Å². The van der Waals surface area contributed by atoms with Crippen LogP contribution in [0.4, 0.5) is 0 Å². The highest BCUT2D eigenvalue weighted by molar-refractivity contribution is 6.35. The molecule has 0 bridgehead atoms. The number of ketones is 1. The second kappa shape index (κ2) is 7.59. The molecular weight excluding hydrogens is 415 g/mol. The van der Waals surface area contributed by atoms with Crippen LogP contribution in [0.5, 0.6) is 0 Å². The number of hydrogen-bond acceptors (Lipinski definition) is 1. The molecule has 3 aromatic carbocycles. The minimum atomic E-state index is -1.13. The molecule has 0 saturated carbocycles. The fraction of sp³-hybridized carbons (Fsp3) is 0.160. The van der Waals surface area contributed by atoms with Crippen LogP contribution in [0.25, 0.3) is 10.9 Å². The number of aromatic amines is 1. The maximum Gasteiger partial charge on any atom is 0.191 e. The molecule has 1 aliphatic rings. The molecule has 0 spiro atoms. The second-order valence-corrected chi connectivity index (χ2v) is 8.38. The molecule has 1 aromatic heterocycles. The summed E-state index contributed by atoms with van der Waals surface area (Å²) in [6, 6.07) is 22.8. The Balaban J connectivity index is 1.77. The Labute approximate surface area is 185 Å². The monoisotopic (exact) mass is 433 g/mol. The van der Waals surface area contributed by atoms with Gasteiger partial charge in [0.2, 0.25) is 0 Å². The molecule has 0 aliphatic carbocycles. The van der Waals surface area contributed by atoms with E-state index in [9.17, 15) is 4.79 Å². The molecule has 1 N–H and O–H groups in total. The van der Waals surface area contributed by atoms with Crippen LogP contribution in [0.2, 0.25) is 10.0 Å². The van der Waals surface area contributed by atoms with Crippen molar-refractivity contribution in [2.75, 3.05) is 6.54 Å². The van der Waals surface area contributed by atoms with Gasteiger partial charge in [-0.25, -0.2) is 5.32 Å². The predicted molar refractivity (Wildman–Crippen MR) is 122 cm³/mol. The van der Waals surface area contributed by atoms with Gasteiger partial charge in [-0.15, -0.1) is 0 Å². The van der Waals surface area contributed by atoms with Crippen molar-refractivity contribution >= 4 is 39.9 Å². The molecule has 2 atom stereocenters. The van der Waals surface area contributed by atoms with Crippen molar-refractivity contribution in [2.24, 2.45) is 0 Å². The summed E-state index contributed by atoms with van der Waals surface area (Å²) in [6.07, 6.45) is 2.75.